The summed E-state index contributed by atoms with van der Waals surface area (Å²) < 4.78 is 5.03. The molecule has 12 heavy (non-hydrogen) atoms. The van der Waals surface area contributed by atoms with Crippen molar-refractivity contribution in [1.82, 2.24) is 4.90 Å². The Kier molecular flexibility index (Phi) is 6.70. The van der Waals surface area contributed by atoms with Crippen LogP contribution in [-0.4, -0.2) is 41.3 Å². The minimum Gasteiger partial charge on any atom is -0.427 e. The average Bonchev–Trinajstić information content (AvgIpc) is 2.10. The first-order chi connectivity index (χ1) is 5.72. The number of nitrogens with zero attached hydrogens (tertiary/aromatic N) is 1. The molecule has 0 unspecified atom stereocenters. The van der Waals surface area contributed by atoms with Crippen molar-refractivity contribution < 1.29 is 9.22 Å². The van der Waals surface area contributed by atoms with Crippen LogP contribution in [0.4, 0.5) is 0 Å². The Morgan fingerprint density at radius 3 is 2.92 bits per heavy atom. The minimum atomic E-state index is -0.316. The fourth-order valence-corrected chi connectivity index (χ4v) is 1.58. The number of rotatable bonds is 6. The zero-order valence-electron chi connectivity index (χ0n) is 7.88. The molecule has 1 amide bonds. The Morgan fingerprint density at radius 1 is 1.75 bits per heavy atom. The van der Waals surface area contributed by atoms with Crippen molar-refractivity contribution >= 4 is 15.7 Å². The maximum Gasteiger partial charge on any atom is 0.245 e. The van der Waals surface area contributed by atoms with Gasteiger partial charge in [-0.25, -0.2) is 0 Å². The van der Waals surface area contributed by atoms with Crippen LogP contribution < -0.4 is 0 Å². The standard InChI is InChI=1S/C8H17NO2Si/c1-4-8(10)9(2)6-5-7-12-11-3/h4H,1,5-7,12H2,2-3H3. The summed E-state index contributed by atoms with van der Waals surface area (Å²) in [4.78, 5) is 12.6. The zero-order valence-corrected chi connectivity index (χ0v) is 9.29. The van der Waals surface area contributed by atoms with E-state index in [1.807, 2.05) is 0 Å². The molecule has 0 saturated heterocycles. The van der Waals surface area contributed by atoms with E-state index >= 15 is 0 Å². The van der Waals surface area contributed by atoms with Crippen LogP contribution >= 0.6 is 0 Å². The summed E-state index contributed by atoms with van der Waals surface area (Å²) >= 11 is 0. The van der Waals surface area contributed by atoms with Crippen molar-refractivity contribution in [3.63, 3.8) is 0 Å². The molecule has 0 N–H and O–H groups in total. The average molecular weight is 187 g/mol. The molecular formula is C8H17NO2Si. The van der Waals surface area contributed by atoms with E-state index in [-0.39, 0.29) is 15.7 Å². The summed E-state index contributed by atoms with van der Waals surface area (Å²) in [6, 6.07) is 1.13. The first-order valence-corrected chi connectivity index (χ1v) is 5.66. The molecule has 0 saturated carbocycles. The highest BCUT2D eigenvalue weighted by atomic mass is 28.2. The fraction of sp³-hybridized carbons (Fsp3) is 0.625. The van der Waals surface area contributed by atoms with E-state index in [9.17, 15) is 4.79 Å². The van der Waals surface area contributed by atoms with Crippen LogP contribution in [0.1, 0.15) is 6.42 Å². The molecule has 0 aromatic heterocycles. The molecule has 0 radical (unpaired) electrons. The van der Waals surface area contributed by atoms with Crippen molar-refractivity contribution in [2.24, 2.45) is 0 Å². The van der Waals surface area contributed by atoms with Gasteiger partial charge in [-0.05, 0) is 18.5 Å². The molecule has 0 bridgehead atoms. The predicted octanol–water partition coefficient (Wildman–Crippen LogP) is 0.169. The molecule has 0 aromatic rings. The first-order valence-electron chi connectivity index (χ1n) is 4.09. The second kappa shape index (κ2) is 7.06. The topological polar surface area (TPSA) is 29.5 Å². The molecule has 0 spiro atoms. The SMILES string of the molecule is C=CC(=O)N(C)CCC[SiH2]OC. The van der Waals surface area contributed by atoms with Crippen LogP contribution in [0.2, 0.25) is 6.04 Å². The van der Waals surface area contributed by atoms with Gasteiger partial charge in [0.25, 0.3) is 0 Å². The van der Waals surface area contributed by atoms with Gasteiger partial charge < -0.3 is 9.33 Å². The van der Waals surface area contributed by atoms with Gasteiger partial charge in [-0.2, -0.15) is 0 Å². The number of hydrogen-bond donors (Lipinski definition) is 0. The molecule has 0 aliphatic carbocycles. The molecule has 4 heteroatoms. The molecule has 0 heterocycles. The normalized spacial score (nSPS) is 10.5. The third-order valence-corrected chi connectivity index (χ3v) is 2.84. The van der Waals surface area contributed by atoms with Gasteiger partial charge in [-0.1, -0.05) is 6.58 Å². The lowest BCUT2D eigenvalue weighted by Gasteiger charge is -2.13. The van der Waals surface area contributed by atoms with Gasteiger partial charge in [-0.15, -0.1) is 0 Å². The molecule has 70 valence electrons. The van der Waals surface area contributed by atoms with Gasteiger partial charge in [-0.3, -0.25) is 4.79 Å². The molecule has 0 rings (SSSR count). The van der Waals surface area contributed by atoms with E-state index in [0.717, 1.165) is 19.0 Å². The van der Waals surface area contributed by atoms with Crippen LogP contribution in [0, 0.1) is 0 Å². The van der Waals surface area contributed by atoms with E-state index in [1.165, 1.54) is 6.08 Å². The van der Waals surface area contributed by atoms with Crippen molar-refractivity contribution in [2.45, 2.75) is 12.5 Å². The molecule has 0 fully saturated rings. The predicted molar refractivity (Wildman–Crippen MR) is 52.8 cm³/mol. The Labute approximate surface area is 76.3 Å². The summed E-state index contributed by atoms with van der Waals surface area (Å²) in [5.74, 6) is -0.00548. The lowest BCUT2D eigenvalue weighted by Crippen LogP contribution is -2.25. The number of amides is 1. The number of carbonyl (C=O) groups excluding carboxylic acids is 1. The summed E-state index contributed by atoms with van der Waals surface area (Å²) in [6.45, 7) is 4.23. The van der Waals surface area contributed by atoms with Gasteiger partial charge in [0.2, 0.25) is 5.91 Å². The van der Waals surface area contributed by atoms with Gasteiger partial charge in [0, 0.05) is 20.7 Å². The van der Waals surface area contributed by atoms with Gasteiger partial charge in [0.15, 0.2) is 9.76 Å². The van der Waals surface area contributed by atoms with Crippen molar-refractivity contribution in [3.8, 4) is 0 Å². The van der Waals surface area contributed by atoms with Crippen molar-refractivity contribution in [3.05, 3.63) is 12.7 Å². The van der Waals surface area contributed by atoms with E-state index in [2.05, 4.69) is 6.58 Å². The third kappa shape index (κ3) is 5.09. The Morgan fingerprint density at radius 2 is 2.42 bits per heavy atom. The van der Waals surface area contributed by atoms with Crippen LogP contribution in [0.5, 0.6) is 0 Å². The van der Waals surface area contributed by atoms with Crippen LogP contribution in [0.15, 0.2) is 12.7 Å². The van der Waals surface area contributed by atoms with Crippen LogP contribution in [0.3, 0.4) is 0 Å². The highest BCUT2D eigenvalue weighted by molar-refractivity contribution is 6.26. The number of carbonyl (C=O) groups is 1. The summed E-state index contributed by atoms with van der Waals surface area (Å²) in [7, 11) is 3.22. The molecule has 0 atom stereocenters. The fourth-order valence-electron chi connectivity index (χ4n) is 0.861. The monoisotopic (exact) mass is 187 g/mol. The van der Waals surface area contributed by atoms with E-state index in [1.54, 1.807) is 19.1 Å². The highest BCUT2D eigenvalue weighted by Crippen LogP contribution is 1.93. The van der Waals surface area contributed by atoms with Crippen LogP contribution in [0.25, 0.3) is 0 Å². The Hall–Kier alpha value is -0.613. The summed E-state index contributed by atoms with van der Waals surface area (Å²) in [6.07, 6.45) is 2.38. The Bertz CT molecular complexity index is 150. The van der Waals surface area contributed by atoms with Gasteiger partial charge >= 0.3 is 0 Å². The van der Waals surface area contributed by atoms with Crippen LogP contribution in [-0.2, 0) is 9.22 Å². The molecule has 3 nitrogen and oxygen atoms in total. The molecule has 0 aliphatic heterocycles. The van der Waals surface area contributed by atoms with Gasteiger partial charge in [0.05, 0.1) is 0 Å². The second-order valence-electron chi connectivity index (χ2n) is 2.66. The number of likely N-dealkylation sites (N-methyl/N-ethyl adjacent to an activating group) is 1. The molecule has 0 aliphatic rings. The summed E-state index contributed by atoms with van der Waals surface area (Å²) in [5.41, 5.74) is 0. The van der Waals surface area contributed by atoms with Crippen molar-refractivity contribution in [2.75, 3.05) is 20.7 Å². The number of hydrogen-bond acceptors (Lipinski definition) is 2. The largest absolute Gasteiger partial charge is 0.427 e. The summed E-state index contributed by atoms with van der Waals surface area (Å²) in [5, 5.41) is 0. The maximum atomic E-state index is 11.0. The Balaban J connectivity index is 3.37. The van der Waals surface area contributed by atoms with E-state index in [4.69, 9.17) is 4.43 Å². The third-order valence-electron chi connectivity index (χ3n) is 1.64. The van der Waals surface area contributed by atoms with E-state index < -0.39 is 0 Å². The zero-order chi connectivity index (χ0) is 9.40. The maximum absolute atomic E-state index is 11.0. The smallest absolute Gasteiger partial charge is 0.245 e. The van der Waals surface area contributed by atoms with Gasteiger partial charge in [0.1, 0.15) is 0 Å². The van der Waals surface area contributed by atoms with E-state index in [0.29, 0.717) is 0 Å². The first kappa shape index (κ1) is 11.4. The molecular weight excluding hydrogens is 170 g/mol. The minimum absolute atomic E-state index is 0.00548. The van der Waals surface area contributed by atoms with Crippen molar-refractivity contribution in [1.29, 1.82) is 0 Å². The lowest BCUT2D eigenvalue weighted by atomic mass is 10.4. The second-order valence-corrected chi connectivity index (χ2v) is 4.36. The lowest BCUT2D eigenvalue weighted by molar-refractivity contribution is -0.124. The molecule has 0 aromatic carbocycles. The highest BCUT2D eigenvalue weighted by Gasteiger charge is 2.01. The quantitative estimate of drug-likeness (QED) is 0.337.